The molecule has 4 nitrogen and oxygen atoms in total. The van der Waals surface area contributed by atoms with E-state index in [2.05, 4.69) is 5.32 Å². The van der Waals surface area contributed by atoms with Gasteiger partial charge in [0.1, 0.15) is 5.25 Å². The number of carbonyl (C=O) groups excluding carboxylic acids is 2. The summed E-state index contributed by atoms with van der Waals surface area (Å²) in [5, 5.41) is 8.84. The van der Waals surface area contributed by atoms with Crippen molar-refractivity contribution in [2.24, 2.45) is 0 Å². The van der Waals surface area contributed by atoms with E-state index >= 15 is 0 Å². The van der Waals surface area contributed by atoms with Crippen LogP contribution in [0.5, 0.6) is 0 Å². The largest absolute Gasteiger partial charge is 0.295 e. The number of thiophene rings is 2. The fourth-order valence-electron chi connectivity index (χ4n) is 2.19. The van der Waals surface area contributed by atoms with E-state index in [1.807, 2.05) is 33.7 Å². The SMILES string of the molecule is O=C1CC(S(=O)C(c2ccsc2)c2ccsc2)C(=O)N1. The Morgan fingerprint density at radius 2 is 1.75 bits per heavy atom. The molecule has 0 aliphatic carbocycles. The van der Waals surface area contributed by atoms with Crippen LogP contribution < -0.4 is 5.32 Å². The summed E-state index contributed by atoms with van der Waals surface area (Å²) < 4.78 is 12.8. The van der Waals surface area contributed by atoms with Gasteiger partial charge in [-0.3, -0.25) is 19.1 Å². The molecule has 0 saturated carbocycles. The molecule has 1 N–H and O–H groups in total. The summed E-state index contributed by atoms with van der Waals surface area (Å²) in [5.74, 6) is -0.772. The maximum absolute atomic E-state index is 12.8. The molecular weight excluding hydrogens is 314 g/mol. The highest BCUT2D eigenvalue weighted by Gasteiger charge is 2.39. The third kappa shape index (κ3) is 2.48. The highest BCUT2D eigenvalue weighted by atomic mass is 32.2. The second kappa shape index (κ2) is 5.59. The summed E-state index contributed by atoms with van der Waals surface area (Å²) >= 11 is 3.06. The maximum atomic E-state index is 12.8. The second-order valence-corrected chi connectivity index (χ2v) is 7.68. The first kappa shape index (κ1) is 13.7. The molecule has 3 heterocycles. The Morgan fingerprint density at radius 3 is 2.15 bits per heavy atom. The standard InChI is InChI=1S/C13H11NO3S3/c15-11-5-10(13(16)14-11)20(17)12(8-1-3-18-6-8)9-2-4-19-7-9/h1-4,6-7,10,12H,5H2,(H,14,15,16). The van der Waals surface area contributed by atoms with Gasteiger partial charge in [0.15, 0.2) is 0 Å². The van der Waals surface area contributed by atoms with Crippen molar-refractivity contribution in [2.75, 3.05) is 0 Å². The average Bonchev–Trinajstić information content (AvgIpc) is 3.12. The molecule has 2 aromatic rings. The first-order valence-corrected chi connectivity index (χ1v) is 9.10. The molecule has 2 aromatic heterocycles. The maximum Gasteiger partial charge on any atom is 0.242 e. The van der Waals surface area contributed by atoms with Crippen molar-refractivity contribution in [1.82, 2.24) is 5.32 Å². The Hall–Kier alpha value is -1.31. The highest BCUT2D eigenvalue weighted by molar-refractivity contribution is 7.87. The van der Waals surface area contributed by atoms with Crippen molar-refractivity contribution in [3.8, 4) is 0 Å². The van der Waals surface area contributed by atoms with Crippen LogP contribution in [0.15, 0.2) is 33.7 Å². The molecule has 2 atom stereocenters. The van der Waals surface area contributed by atoms with Crippen LogP contribution in [0, 0.1) is 0 Å². The summed E-state index contributed by atoms with van der Waals surface area (Å²) in [5.41, 5.74) is 1.86. The number of hydrogen-bond donors (Lipinski definition) is 1. The molecule has 0 spiro atoms. The smallest absolute Gasteiger partial charge is 0.242 e. The number of amides is 2. The molecule has 1 fully saturated rings. The van der Waals surface area contributed by atoms with Gasteiger partial charge in [0.25, 0.3) is 0 Å². The van der Waals surface area contributed by atoms with Gasteiger partial charge in [0.05, 0.1) is 11.7 Å². The minimum absolute atomic E-state index is 0.0101. The van der Waals surface area contributed by atoms with Gasteiger partial charge in [-0.15, -0.1) is 0 Å². The zero-order chi connectivity index (χ0) is 14.1. The first-order valence-electron chi connectivity index (χ1n) is 5.94. The lowest BCUT2D eigenvalue weighted by Gasteiger charge is -2.17. The molecule has 104 valence electrons. The Morgan fingerprint density at radius 1 is 1.15 bits per heavy atom. The van der Waals surface area contributed by atoms with Crippen LogP contribution in [0.4, 0.5) is 0 Å². The summed E-state index contributed by atoms with van der Waals surface area (Å²) in [6, 6.07) is 3.83. The molecule has 0 aromatic carbocycles. The topological polar surface area (TPSA) is 63.2 Å². The molecule has 1 saturated heterocycles. The van der Waals surface area contributed by atoms with Gasteiger partial charge in [-0.2, -0.15) is 22.7 Å². The molecule has 20 heavy (non-hydrogen) atoms. The number of rotatable bonds is 4. The van der Waals surface area contributed by atoms with Crippen LogP contribution in [-0.4, -0.2) is 21.3 Å². The second-order valence-electron chi connectivity index (χ2n) is 4.43. The van der Waals surface area contributed by atoms with Crippen molar-refractivity contribution < 1.29 is 13.8 Å². The van der Waals surface area contributed by atoms with Crippen LogP contribution in [0.2, 0.25) is 0 Å². The van der Waals surface area contributed by atoms with Crippen molar-refractivity contribution >= 4 is 45.3 Å². The van der Waals surface area contributed by atoms with E-state index < -0.39 is 22.0 Å². The molecule has 1 aliphatic heterocycles. The quantitative estimate of drug-likeness (QED) is 0.875. The van der Waals surface area contributed by atoms with E-state index in [0.29, 0.717) is 0 Å². The number of carbonyl (C=O) groups is 2. The van der Waals surface area contributed by atoms with E-state index in [-0.39, 0.29) is 17.6 Å². The predicted octanol–water partition coefficient (Wildman–Crippen LogP) is 2.06. The summed E-state index contributed by atoms with van der Waals surface area (Å²) in [6.07, 6.45) is 0.0101. The third-order valence-electron chi connectivity index (χ3n) is 3.13. The van der Waals surface area contributed by atoms with Gasteiger partial charge in [0, 0.05) is 10.8 Å². The molecule has 1 aliphatic rings. The summed E-state index contributed by atoms with van der Waals surface area (Å²) in [4.78, 5) is 23.1. The zero-order valence-electron chi connectivity index (χ0n) is 10.3. The molecule has 2 unspecified atom stereocenters. The van der Waals surface area contributed by atoms with Crippen LogP contribution in [0.1, 0.15) is 22.8 Å². The molecule has 2 amide bonds. The van der Waals surface area contributed by atoms with E-state index in [1.54, 1.807) is 0 Å². The van der Waals surface area contributed by atoms with Crippen LogP contribution >= 0.6 is 22.7 Å². The molecule has 3 rings (SSSR count). The lowest BCUT2D eigenvalue weighted by Crippen LogP contribution is -2.30. The van der Waals surface area contributed by atoms with Crippen molar-refractivity contribution in [2.45, 2.75) is 16.9 Å². The lowest BCUT2D eigenvalue weighted by molar-refractivity contribution is -0.124. The minimum atomic E-state index is -1.46. The first-order chi connectivity index (χ1) is 9.66. The monoisotopic (exact) mass is 325 g/mol. The van der Waals surface area contributed by atoms with Gasteiger partial charge in [-0.1, -0.05) is 0 Å². The number of nitrogens with one attached hydrogen (secondary N) is 1. The van der Waals surface area contributed by atoms with Gasteiger partial charge in [-0.05, 0) is 44.8 Å². The van der Waals surface area contributed by atoms with Gasteiger partial charge >= 0.3 is 0 Å². The molecule has 0 bridgehead atoms. The predicted molar refractivity (Wildman–Crippen MR) is 80.2 cm³/mol. The molecule has 7 heteroatoms. The van der Waals surface area contributed by atoms with E-state index in [4.69, 9.17) is 0 Å². The summed E-state index contributed by atoms with van der Waals surface area (Å²) in [6.45, 7) is 0. The molecular formula is C13H11NO3S3. The Balaban J connectivity index is 1.96. The van der Waals surface area contributed by atoms with E-state index in [0.717, 1.165) is 11.1 Å². The van der Waals surface area contributed by atoms with Gasteiger partial charge < -0.3 is 0 Å². The third-order valence-corrected chi connectivity index (χ3v) is 6.48. The number of imide groups is 1. The minimum Gasteiger partial charge on any atom is -0.295 e. The van der Waals surface area contributed by atoms with Crippen molar-refractivity contribution in [3.05, 3.63) is 44.8 Å². The normalized spacial score (nSPS) is 20.4. The van der Waals surface area contributed by atoms with Crippen LogP contribution in [0.3, 0.4) is 0 Å². The highest BCUT2D eigenvalue weighted by Crippen LogP contribution is 2.34. The van der Waals surface area contributed by atoms with E-state index in [1.165, 1.54) is 22.7 Å². The lowest BCUT2D eigenvalue weighted by atomic mass is 10.1. The van der Waals surface area contributed by atoms with Crippen LogP contribution in [0.25, 0.3) is 0 Å². The Bertz CT molecular complexity index is 614. The fourth-order valence-corrected chi connectivity index (χ4v) is 5.48. The summed E-state index contributed by atoms with van der Waals surface area (Å²) in [7, 11) is -1.46. The average molecular weight is 325 g/mol. The van der Waals surface area contributed by atoms with Crippen LogP contribution in [-0.2, 0) is 20.4 Å². The Kier molecular flexibility index (Phi) is 3.82. The van der Waals surface area contributed by atoms with Gasteiger partial charge in [-0.25, -0.2) is 0 Å². The zero-order valence-corrected chi connectivity index (χ0v) is 12.7. The Labute approximate surface area is 126 Å². The fraction of sp³-hybridized carbons (Fsp3) is 0.231. The molecule has 0 radical (unpaired) electrons. The number of hydrogen-bond acceptors (Lipinski definition) is 5. The van der Waals surface area contributed by atoms with E-state index in [9.17, 15) is 13.8 Å². The van der Waals surface area contributed by atoms with Gasteiger partial charge in [0.2, 0.25) is 11.8 Å². The van der Waals surface area contributed by atoms with Crippen molar-refractivity contribution in [1.29, 1.82) is 0 Å². The van der Waals surface area contributed by atoms with Crippen molar-refractivity contribution in [3.63, 3.8) is 0 Å².